The number of thioether (sulfide) groups is 1. The zero-order valence-electron chi connectivity index (χ0n) is 12.2. The van der Waals surface area contributed by atoms with E-state index < -0.39 is 0 Å². The molecule has 1 aromatic heterocycles. The molecule has 0 amide bonds. The maximum atomic E-state index is 8.69. The van der Waals surface area contributed by atoms with Crippen LogP contribution in [-0.4, -0.2) is 21.4 Å². The number of halogens is 1. The Bertz CT molecular complexity index is 908. The Morgan fingerprint density at radius 3 is 2.78 bits per heavy atom. The molecule has 2 aromatic carbocycles. The second kappa shape index (κ2) is 6.86. The molecule has 1 heterocycles. The summed E-state index contributed by atoms with van der Waals surface area (Å²) in [5.41, 5.74) is 3.56. The van der Waals surface area contributed by atoms with Crippen LogP contribution in [0.1, 0.15) is 0 Å². The van der Waals surface area contributed by atoms with Crippen molar-refractivity contribution in [3.05, 3.63) is 46.9 Å². The number of H-pyrrole nitrogens is 1. The van der Waals surface area contributed by atoms with E-state index in [1.165, 1.54) is 11.8 Å². The first kappa shape index (κ1) is 15.6. The monoisotopic (exact) mass is 385 g/mol. The molecule has 0 aliphatic heterocycles. The first-order valence-electron chi connectivity index (χ1n) is 6.73. The zero-order valence-corrected chi connectivity index (χ0v) is 14.6. The molecule has 114 valence electrons. The fraction of sp³-hybridized carbons (Fsp3) is 0.0625. The zero-order chi connectivity index (χ0) is 16.2. The molecule has 0 aliphatic rings. The Morgan fingerprint density at radius 2 is 2.09 bits per heavy atom. The molecule has 0 bridgehead atoms. The third kappa shape index (κ3) is 3.55. The summed E-state index contributed by atoms with van der Waals surface area (Å²) in [6.07, 6.45) is 3.75. The molecule has 2 N–H and O–H groups in total. The fourth-order valence-corrected chi connectivity index (χ4v) is 2.71. The van der Waals surface area contributed by atoms with Gasteiger partial charge < -0.3 is 4.98 Å². The number of aromatic amines is 1. The van der Waals surface area contributed by atoms with Crippen molar-refractivity contribution < 1.29 is 0 Å². The van der Waals surface area contributed by atoms with Crippen molar-refractivity contribution in [1.82, 2.24) is 15.3 Å². The predicted molar refractivity (Wildman–Crippen MR) is 98.6 cm³/mol. The first-order chi connectivity index (χ1) is 11.2. The number of hydrogen-bond acceptors (Lipinski definition) is 4. The Morgan fingerprint density at radius 1 is 1.30 bits per heavy atom. The number of nitriles is 1. The van der Waals surface area contributed by atoms with Crippen LogP contribution in [-0.2, 0) is 0 Å². The Hall–Kier alpha value is -2.30. The molecule has 0 aliphatic carbocycles. The van der Waals surface area contributed by atoms with E-state index in [0.29, 0.717) is 5.17 Å². The molecule has 0 spiro atoms. The summed E-state index contributed by atoms with van der Waals surface area (Å²) < 4.78 is 1.03. The van der Waals surface area contributed by atoms with Gasteiger partial charge in [0.05, 0.1) is 16.7 Å². The molecular formula is C16H12BrN5S. The van der Waals surface area contributed by atoms with Gasteiger partial charge in [-0.05, 0) is 36.6 Å². The van der Waals surface area contributed by atoms with Crippen molar-refractivity contribution in [3.8, 4) is 17.6 Å². The smallest absolute Gasteiger partial charge is 0.183 e. The summed E-state index contributed by atoms with van der Waals surface area (Å²) in [7, 11) is 0. The Kier molecular flexibility index (Phi) is 4.65. The molecule has 3 aromatic rings. The lowest BCUT2D eigenvalue weighted by Gasteiger charge is -1.99. The van der Waals surface area contributed by atoms with Gasteiger partial charge in [0.15, 0.2) is 11.4 Å². The second-order valence-corrected chi connectivity index (χ2v) is 6.36. The number of aliphatic imine (C=N–C) groups is 1. The maximum Gasteiger partial charge on any atom is 0.183 e. The van der Waals surface area contributed by atoms with E-state index in [1.807, 2.05) is 54.9 Å². The molecular weight excluding hydrogens is 374 g/mol. The number of nitrogens with one attached hydrogen (secondary N) is 2. The van der Waals surface area contributed by atoms with Crippen LogP contribution in [0.4, 0.5) is 5.69 Å². The fourth-order valence-electron chi connectivity index (χ4n) is 2.10. The summed E-state index contributed by atoms with van der Waals surface area (Å²) in [6.45, 7) is 0. The standard InChI is InChI=1S/C16H12BrN5S/c1-23-16(19-9-18)20-12-6-7-13-14(8-12)22-15(21-13)10-2-4-11(17)5-3-10/h2-8H,1H3,(H,19,20)(H,21,22). The number of benzene rings is 2. The number of amidine groups is 1. The molecule has 0 radical (unpaired) electrons. The predicted octanol–water partition coefficient (Wildman–Crippen LogP) is 4.41. The lowest BCUT2D eigenvalue weighted by molar-refractivity contribution is 1.28. The van der Waals surface area contributed by atoms with Gasteiger partial charge in [0, 0.05) is 10.0 Å². The van der Waals surface area contributed by atoms with Gasteiger partial charge >= 0.3 is 0 Å². The maximum absolute atomic E-state index is 8.69. The molecule has 0 atom stereocenters. The van der Waals surface area contributed by atoms with Crippen molar-refractivity contribution in [3.63, 3.8) is 0 Å². The largest absolute Gasteiger partial charge is 0.338 e. The summed E-state index contributed by atoms with van der Waals surface area (Å²) in [5.74, 6) is 0.814. The molecule has 0 saturated carbocycles. The second-order valence-electron chi connectivity index (χ2n) is 4.65. The van der Waals surface area contributed by atoms with Gasteiger partial charge in [0.2, 0.25) is 0 Å². The van der Waals surface area contributed by atoms with Gasteiger partial charge in [0.1, 0.15) is 5.82 Å². The van der Waals surface area contributed by atoms with Crippen molar-refractivity contribution in [2.75, 3.05) is 6.26 Å². The van der Waals surface area contributed by atoms with Crippen LogP contribution >= 0.6 is 27.7 Å². The van der Waals surface area contributed by atoms with Crippen molar-refractivity contribution >= 4 is 49.6 Å². The lowest BCUT2D eigenvalue weighted by atomic mass is 10.2. The van der Waals surface area contributed by atoms with Gasteiger partial charge in [-0.25, -0.2) is 9.98 Å². The Labute approximate surface area is 146 Å². The summed E-state index contributed by atoms with van der Waals surface area (Å²) in [6, 6.07) is 13.7. The SMILES string of the molecule is CSC(=Nc1ccc2nc(-c3ccc(Br)cc3)[nH]c2c1)NC#N. The highest BCUT2D eigenvalue weighted by Crippen LogP contribution is 2.25. The number of hydrogen-bond donors (Lipinski definition) is 2. The van der Waals surface area contributed by atoms with E-state index in [4.69, 9.17) is 5.26 Å². The van der Waals surface area contributed by atoms with E-state index in [1.54, 1.807) is 0 Å². The van der Waals surface area contributed by atoms with Crippen LogP contribution in [0.25, 0.3) is 22.4 Å². The van der Waals surface area contributed by atoms with Gasteiger partial charge in [-0.2, -0.15) is 5.26 Å². The number of rotatable bonds is 2. The highest BCUT2D eigenvalue weighted by atomic mass is 79.9. The third-order valence-electron chi connectivity index (χ3n) is 3.17. The van der Waals surface area contributed by atoms with Gasteiger partial charge in [-0.3, -0.25) is 5.32 Å². The highest BCUT2D eigenvalue weighted by Gasteiger charge is 2.06. The molecule has 0 saturated heterocycles. The minimum atomic E-state index is 0.555. The average Bonchev–Trinajstić information content (AvgIpc) is 2.98. The summed E-state index contributed by atoms with van der Waals surface area (Å²) in [5, 5.41) is 11.8. The highest BCUT2D eigenvalue weighted by molar-refractivity contribution is 9.10. The van der Waals surface area contributed by atoms with Crippen LogP contribution in [0.2, 0.25) is 0 Å². The van der Waals surface area contributed by atoms with Gasteiger partial charge in [-0.15, -0.1) is 0 Å². The number of imidazole rings is 1. The Balaban J connectivity index is 1.98. The van der Waals surface area contributed by atoms with Gasteiger partial charge in [-0.1, -0.05) is 39.8 Å². The van der Waals surface area contributed by atoms with E-state index in [0.717, 1.165) is 32.6 Å². The molecule has 0 fully saturated rings. The molecule has 23 heavy (non-hydrogen) atoms. The average molecular weight is 386 g/mol. The van der Waals surface area contributed by atoms with Crippen LogP contribution in [0.15, 0.2) is 51.9 Å². The van der Waals surface area contributed by atoms with Crippen LogP contribution in [0.5, 0.6) is 0 Å². The van der Waals surface area contributed by atoms with Crippen LogP contribution < -0.4 is 5.32 Å². The van der Waals surface area contributed by atoms with Gasteiger partial charge in [0.25, 0.3) is 0 Å². The van der Waals surface area contributed by atoms with E-state index in [9.17, 15) is 0 Å². The third-order valence-corrected chi connectivity index (χ3v) is 4.28. The van der Waals surface area contributed by atoms with E-state index >= 15 is 0 Å². The number of nitrogens with zero attached hydrogens (tertiary/aromatic N) is 3. The number of fused-ring (bicyclic) bond motifs is 1. The van der Waals surface area contributed by atoms with Crippen molar-refractivity contribution in [2.45, 2.75) is 0 Å². The van der Waals surface area contributed by atoms with Crippen LogP contribution in [0.3, 0.4) is 0 Å². The molecule has 0 unspecified atom stereocenters. The van der Waals surface area contributed by atoms with Crippen molar-refractivity contribution in [1.29, 1.82) is 5.26 Å². The normalized spacial score (nSPS) is 11.4. The molecule has 7 heteroatoms. The van der Waals surface area contributed by atoms with Crippen LogP contribution in [0, 0.1) is 11.5 Å². The lowest BCUT2D eigenvalue weighted by Crippen LogP contribution is -2.12. The van der Waals surface area contributed by atoms with Crippen molar-refractivity contribution in [2.24, 2.45) is 4.99 Å². The van der Waals surface area contributed by atoms with E-state index in [-0.39, 0.29) is 0 Å². The minimum Gasteiger partial charge on any atom is -0.338 e. The van der Waals surface area contributed by atoms with E-state index in [2.05, 4.69) is 36.2 Å². The first-order valence-corrected chi connectivity index (χ1v) is 8.75. The topological polar surface area (TPSA) is 76.9 Å². The molecule has 5 nitrogen and oxygen atoms in total. The minimum absolute atomic E-state index is 0.555. The quantitative estimate of drug-likeness (QED) is 0.296. The molecule has 3 rings (SSSR count). The number of aromatic nitrogens is 2. The summed E-state index contributed by atoms with van der Waals surface area (Å²) >= 11 is 4.81. The summed E-state index contributed by atoms with van der Waals surface area (Å²) in [4.78, 5) is 12.3.